The van der Waals surface area contributed by atoms with Gasteiger partial charge in [-0.2, -0.15) is 0 Å². The van der Waals surface area contributed by atoms with Gasteiger partial charge in [0.15, 0.2) is 0 Å². The zero-order chi connectivity index (χ0) is 19.3. The third-order valence-electron chi connectivity index (χ3n) is 5.87. The Labute approximate surface area is 169 Å². The van der Waals surface area contributed by atoms with Crippen LogP contribution in [0, 0.1) is 0 Å². The van der Waals surface area contributed by atoms with Gasteiger partial charge >= 0.3 is 0 Å². The van der Waals surface area contributed by atoms with Crippen molar-refractivity contribution < 1.29 is 4.79 Å². The summed E-state index contributed by atoms with van der Waals surface area (Å²) >= 11 is 1.67. The average Bonchev–Trinajstić information content (AvgIpc) is 2.89. The number of aryl methyl sites for hydroxylation is 3. The highest BCUT2D eigenvalue weighted by Crippen LogP contribution is 2.32. The van der Waals surface area contributed by atoms with E-state index in [0.29, 0.717) is 25.2 Å². The van der Waals surface area contributed by atoms with Gasteiger partial charge in [0.2, 0.25) is 5.91 Å². The van der Waals surface area contributed by atoms with Crippen molar-refractivity contribution >= 4 is 27.5 Å². The lowest BCUT2D eigenvalue weighted by Crippen LogP contribution is -2.25. The molecule has 0 atom stereocenters. The fraction of sp³-hybridized carbons (Fsp3) is 0.591. The van der Waals surface area contributed by atoms with E-state index in [4.69, 9.17) is 0 Å². The van der Waals surface area contributed by atoms with Gasteiger partial charge in [-0.3, -0.25) is 9.59 Å². The number of carbonyl (C=O) groups excluding carboxylic acids is 1. The largest absolute Gasteiger partial charge is 0.356 e. The Kier molecular flexibility index (Phi) is 6.25. The third kappa shape index (κ3) is 4.54. The van der Waals surface area contributed by atoms with Gasteiger partial charge in [0, 0.05) is 24.3 Å². The van der Waals surface area contributed by atoms with E-state index in [1.165, 1.54) is 54.5 Å². The molecular weight excluding hydrogens is 370 g/mol. The first kappa shape index (κ1) is 19.4. The number of allylic oxidation sites excluding steroid dienone is 1. The van der Waals surface area contributed by atoms with Crippen molar-refractivity contribution in [1.29, 1.82) is 0 Å². The number of nitrogens with zero attached hydrogens (tertiary/aromatic N) is 1. The van der Waals surface area contributed by atoms with Crippen molar-refractivity contribution in [3.05, 3.63) is 38.3 Å². The molecule has 2 aliphatic carbocycles. The predicted octanol–water partition coefficient (Wildman–Crippen LogP) is 4.19. The van der Waals surface area contributed by atoms with Gasteiger partial charge in [0.1, 0.15) is 10.7 Å². The molecule has 2 heterocycles. The summed E-state index contributed by atoms with van der Waals surface area (Å²) in [5.74, 6) is 0.653. The molecule has 2 N–H and O–H groups in total. The van der Waals surface area contributed by atoms with E-state index in [-0.39, 0.29) is 11.5 Å². The van der Waals surface area contributed by atoms with Crippen LogP contribution in [0.1, 0.15) is 74.1 Å². The van der Waals surface area contributed by atoms with Crippen LogP contribution in [0.4, 0.5) is 0 Å². The molecule has 0 aromatic carbocycles. The van der Waals surface area contributed by atoms with Crippen LogP contribution in [0.3, 0.4) is 0 Å². The SMILES string of the molecule is O=C(CCc1nc2sc3c(c2c(=O)[nH]1)CCCCC3)NCCC1=CCCCC1. The molecule has 0 saturated heterocycles. The minimum Gasteiger partial charge on any atom is -0.356 e. The summed E-state index contributed by atoms with van der Waals surface area (Å²) in [6, 6.07) is 0. The standard InChI is InChI=1S/C22H29N3O2S/c26-19(23-14-13-15-7-3-1-4-8-15)12-11-18-24-21(27)20-16-9-5-2-6-10-17(16)28-22(20)25-18/h7H,1-6,8-14H2,(H,23,26)(H,24,25,27). The molecule has 2 aromatic rings. The minimum absolute atomic E-state index is 0.0288. The minimum atomic E-state index is -0.0379. The maximum Gasteiger partial charge on any atom is 0.259 e. The van der Waals surface area contributed by atoms with Crippen LogP contribution in [-0.2, 0) is 24.1 Å². The molecule has 28 heavy (non-hydrogen) atoms. The fourth-order valence-electron chi connectivity index (χ4n) is 4.32. The van der Waals surface area contributed by atoms with Crippen LogP contribution in [0.2, 0.25) is 0 Å². The zero-order valence-corrected chi connectivity index (χ0v) is 17.3. The molecule has 150 valence electrons. The number of H-pyrrole nitrogens is 1. The fourth-order valence-corrected chi connectivity index (χ4v) is 5.60. The number of hydrogen-bond donors (Lipinski definition) is 2. The van der Waals surface area contributed by atoms with Gasteiger partial charge in [0.05, 0.1) is 5.39 Å². The second kappa shape index (κ2) is 9.03. The molecule has 0 radical (unpaired) electrons. The summed E-state index contributed by atoms with van der Waals surface area (Å²) in [6.07, 6.45) is 14.6. The lowest BCUT2D eigenvalue weighted by Gasteiger charge is -2.12. The highest BCUT2D eigenvalue weighted by molar-refractivity contribution is 7.18. The van der Waals surface area contributed by atoms with E-state index in [0.717, 1.165) is 35.9 Å². The molecular formula is C22H29N3O2S. The molecule has 2 aromatic heterocycles. The van der Waals surface area contributed by atoms with E-state index in [9.17, 15) is 9.59 Å². The average molecular weight is 400 g/mol. The summed E-state index contributed by atoms with van der Waals surface area (Å²) in [6.45, 7) is 0.700. The lowest BCUT2D eigenvalue weighted by molar-refractivity contribution is -0.121. The number of hydrogen-bond acceptors (Lipinski definition) is 4. The maximum atomic E-state index is 12.6. The number of carbonyl (C=O) groups is 1. The Hall–Kier alpha value is -1.95. The Bertz CT molecular complexity index is 941. The molecule has 5 nitrogen and oxygen atoms in total. The van der Waals surface area contributed by atoms with Crippen LogP contribution in [0.25, 0.3) is 10.2 Å². The van der Waals surface area contributed by atoms with E-state index < -0.39 is 0 Å². The summed E-state index contributed by atoms with van der Waals surface area (Å²) in [4.78, 5) is 34.6. The van der Waals surface area contributed by atoms with Gasteiger partial charge in [-0.05, 0) is 63.4 Å². The molecule has 0 bridgehead atoms. The number of nitrogens with one attached hydrogen (secondary N) is 2. The molecule has 2 aliphatic rings. The summed E-state index contributed by atoms with van der Waals surface area (Å²) in [5.41, 5.74) is 2.65. The van der Waals surface area contributed by atoms with Crippen molar-refractivity contribution in [2.24, 2.45) is 0 Å². The van der Waals surface area contributed by atoms with Crippen molar-refractivity contribution in [2.45, 2.75) is 77.0 Å². The topological polar surface area (TPSA) is 74.8 Å². The van der Waals surface area contributed by atoms with Crippen molar-refractivity contribution in [1.82, 2.24) is 15.3 Å². The van der Waals surface area contributed by atoms with Gasteiger partial charge in [-0.25, -0.2) is 4.98 Å². The number of amides is 1. The quantitative estimate of drug-likeness (QED) is 0.565. The smallest absolute Gasteiger partial charge is 0.259 e. The van der Waals surface area contributed by atoms with E-state index in [1.54, 1.807) is 11.3 Å². The van der Waals surface area contributed by atoms with E-state index in [2.05, 4.69) is 21.4 Å². The van der Waals surface area contributed by atoms with Crippen LogP contribution >= 0.6 is 11.3 Å². The van der Waals surface area contributed by atoms with E-state index >= 15 is 0 Å². The van der Waals surface area contributed by atoms with Crippen molar-refractivity contribution in [3.63, 3.8) is 0 Å². The highest BCUT2D eigenvalue weighted by atomic mass is 32.1. The van der Waals surface area contributed by atoms with Gasteiger partial charge in [-0.1, -0.05) is 18.1 Å². The van der Waals surface area contributed by atoms with Gasteiger partial charge in [0.25, 0.3) is 5.56 Å². The van der Waals surface area contributed by atoms with Crippen LogP contribution < -0.4 is 10.9 Å². The third-order valence-corrected chi connectivity index (χ3v) is 7.05. The van der Waals surface area contributed by atoms with Crippen LogP contribution in [0.15, 0.2) is 16.4 Å². The molecule has 1 amide bonds. The van der Waals surface area contributed by atoms with Gasteiger partial charge < -0.3 is 10.3 Å². The Balaban J connectivity index is 1.35. The first-order valence-electron chi connectivity index (χ1n) is 10.7. The molecule has 0 saturated carbocycles. The summed E-state index contributed by atoms with van der Waals surface area (Å²) in [5, 5.41) is 3.79. The second-order valence-electron chi connectivity index (χ2n) is 7.97. The van der Waals surface area contributed by atoms with Crippen LogP contribution in [0.5, 0.6) is 0 Å². The van der Waals surface area contributed by atoms with E-state index in [1.807, 2.05) is 0 Å². The Morgan fingerprint density at radius 1 is 1.11 bits per heavy atom. The second-order valence-corrected chi connectivity index (χ2v) is 9.05. The molecule has 4 rings (SSSR count). The first-order valence-corrected chi connectivity index (χ1v) is 11.5. The number of rotatable bonds is 6. The van der Waals surface area contributed by atoms with Gasteiger partial charge in [-0.15, -0.1) is 11.3 Å². The maximum absolute atomic E-state index is 12.6. The highest BCUT2D eigenvalue weighted by Gasteiger charge is 2.19. The monoisotopic (exact) mass is 399 g/mol. The number of aromatic nitrogens is 2. The lowest BCUT2D eigenvalue weighted by atomic mass is 9.97. The normalized spacial score (nSPS) is 17.1. The molecule has 0 spiro atoms. The summed E-state index contributed by atoms with van der Waals surface area (Å²) in [7, 11) is 0. The number of aromatic amines is 1. The Morgan fingerprint density at radius 3 is 2.82 bits per heavy atom. The van der Waals surface area contributed by atoms with Crippen molar-refractivity contribution in [3.8, 4) is 0 Å². The van der Waals surface area contributed by atoms with Crippen molar-refractivity contribution in [2.75, 3.05) is 6.54 Å². The first-order chi connectivity index (χ1) is 13.7. The van der Waals surface area contributed by atoms with Crippen LogP contribution in [-0.4, -0.2) is 22.4 Å². The Morgan fingerprint density at radius 2 is 1.96 bits per heavy atom. The molecule has 6 heteroatoms. The number of thiophene rings is 1. The molecule has 0 unspecified atom stereocenters. The summed E-state index contributed by atoms with van der Waals surface area (Å²) < 4.78 is 0. The molecule has 0 fully saturated rings. The zero-order valence-electron chi connectivity index (χ0n) is 16.4. The number of fused-ring (bicyclic) bond motifs is 3. The predicted molar refractivity (Wildman–Crippen MR) is 114 cm³/mol. The molecule has 0 aliphatic heterocycles.